The Morgan fingerprint density at radius 3 is 2.44 bits per heavy atom. The molecule has 1 atom stereocenters. The Bertz CT molecular complexity index is 349. The fraction of sp³-hybridized carbons (Fsp3) is 0.455. The van der Waals surface area contributed by atoms with E-state index in [1.165, 1.54) is 6.07 Å². The summed E-state index contributed by atoms with van der Waals surface area (Å²) in [5.74, 6) is 0. The van der Waals surface area contributed by atoms with Crippen LogP contribution in [-0.2, 0) is 6.18 Å². The van der Waals surface area contributed by atoms with Crippen molar-refractivity contribution in [2.24, 2.45) is 0 Å². The topological polar surface area (TPSA) is 3.24 Å². The zero-order valence-electron chi connectivity index (χ0n) is 9.05. The molecule has 0 aliphatic rings. The largest absolute Gasteiger partial charge is 0.416 e. The molecule has 0 aliphatic carbocycles. The summed E-state index contributed by atoms with van der Waals surface area (Å²) in [6.07, 6.45) is -4.31. The van der Waals surface area contributed by atoms with Crippen LogP contribution in [0.25, 0.3) is 0 Å². The van der Waals surface area contributed by atoms with Gasteiger partial charge in [0, 0.05) is 6.54 Å². The standard InChI is InChI=1S/C11H13ClF3N/c1-16(2)7-10(12)8-4-3-5-9(6-8)11(13,14)15/h3-6,10H,7H2,1-2H3. The molecule has 0 aromatic heterocycles. The SMILES string of the molecule is CN(C)CC(Cl)c1cccc(C(F)(F)F)c1. The van der Waals surface area contributed by atoms with Crippen LogP contribution in [0.5, 0.6) is 0 Å². The lowest BCUT2D eigenvalue weighted by Gasteiger charge is -2.16. The van der Waals surface area contributed by atoms with Crippen molar-refractivity contribution in [1.82, 2.24) is 4.90 Å². The van der Waals surface area contributed by atoms with E-state index in [-0.39, 0.29) is 0 Å². The second-order valence-electron chi connectivity index (χ2n) is 3.85. The van der Waals surface area contributed by atoms with E-state index in [0.717, 1.165) is 12.1 Å². The highest BCUT2D eigenvalue weighted by Crippen LogP contribution is 2.32. The lowest BCUT2D eigenvalue weighted by molar-refractivity contribution is -0.137. The van der Waals surface area contributed by atoms with E-state index in [9.17, 15) is 13.2 Å². The first kappa shape index (κ1) is 13.3. The summed E-state index contributed by atoms with van der Waals surface area (Å²) in [7, 11) is 3.64. The average Bonchev–Trinajstić information content (AvgIpc) is 2.15. The monoisotopic (exact) mass is 251 g/mol. The number of hydrogen-bond donors (Lipinski definition) is 0. The van der Waals surface area contributed by atoms with E-state index in [2.05, 4.69) is 0 Å². The van der Waals surface area contributed by atoms with Gasteiger partial charge < -0.3 is 4.90 Å². The molecule has 1 rings (SSSR count). The Morgan fingerprint density at radius 1 is 1.31 bits per heavy atom. The number of rotatable bonds is 3. The first-order chi connectivity index (χ1) is 7.30. The predicted molar refractivity (Wildman–Crippen MR) is 58.6 cm³/mol. The van der Waals surface area contributed by atoms with Crippen LogP contribution in [-0.4, -0.2) is 25.5 Å². The van der Waals surface area contributed by atoms with Crippen molar-refractivity contribution in [2.45, 2.75) is 11.6 Å². The zero-order valence-corrected chi connectivity index (χ0v) is 9.81. The number of halogens is 4. The first-order valence-electron chi connectivity index (χ1n) is 4.76. The molecule has 0 spiro atoms. The molecule has 0 bridgehead atoms. The Balaban J connectivity index is 2.90. The van der Waals surface area contributed by atoms with Gasteiger partial charge in [0.2, 0.25) is 0 Å². The fourth-order valence-corrected chi connectivity index (χ4v) is 1.75. The van der Waals surface area contributed by atoms with Crippen LogP contribution in [0, 0.1) is 0 Å². The molecule has 0 aliphatic heterocycles. The van der Waals surface area contributed by atoms with Crippen LogP contribution in [0.2, 0.25) is 0 Å². The molecule has 5 heteroatoms. The molecule has 0 heterocycles. The van der Waals surface area contributed by atoms with E-state index in [4.69, 9.17) is 11.6 Å². The molecule has 1 nitrogen and oxygen atoms in total. The van der Waals surface area contributed by atoms with Crippen LogP contribution in [0.3, 0.4) is 0 Å². The third-order valence-corrected chi connectivity index (χ3v) is 2.49. The minimum absolute atomic E-state index is 0.433. The van der Waals surface area contributed by atoms with Gasteiger partial charge in [0.1, 0.15) is 0 Å². The van der Waals surface area contributed by atoms with Crippen molar-refractivity contribution in [3.63, 3.8) is 0 Å². The zero-order chi connectivity index (χ0) is 12.3. The number of hydrogen-bond acceptors (Lipinski definition) is 1. The molecule has 0 N–H and O–H groups in total. The van der Waals surface area contributed by atoms with Gasteiger partial charge >= 0.3 is 6.18 Å². The van der Waals surface area contributed by atoms with E-state index < -0.39 is 17.1 Å². The molecule has 1 aromatic rings. The minimum Gasteiger partial charge on any atom is -0.308 e. The maximum atomic E-state index is 12.4. The Morgan fingerprint density at radius 2 is 1.94 bits per heavy atom. The summed E-state index contributed by atoms with van der Waals surface area (Å²) in [6, 6.07) is 5.13. The van der Waals surface area contributed by atoms with Gasteiger partial charge in [0.25, 0.3) is 0 Å². The second-order valence-corrected chi connectivity index (χ2v) is 4.38. The summed E-state index contributed by atoms with van der Waals surface area (Å²) in [5, 5.41) is -0.433. The molecule has 90 valence electrons. The van der Waals surface area contributed by atoms with Crippen LogP contribution in [0.4, 0.5) is 13.2 Å². The number of alkyl halides is 4. The van der Waals surface area contributed by atoms with Gasteiger partial charge in [-0.1, -0.05) is 18.2 Å². The lowest BCUT2D eigenvalue weighted by atomic mass is 10.1. The van der Waals surface area contributed by atoms with Crippen LogP contribution in [0.15, 0.2) is 24.3 Å². The van der Waals surface area contributed by atoms with E-state index in [1.54, 1.807) is 6.07 Å². The van der Waals surface area contributed by atoms with Crippen LogP contribution < -0.4 is 0 Å². The Hall–Kier alpha value is -0.740. The van der Waals surface area contributed by atoms with Gasteiger partial charge in [0.15, 0.2) is 0 Å². The minimum atomic E-state index is -4.31. The summed E-state index contributed by atoms with van der Waals surface area (Å²) in [5.41, 5.74) is -0.167. The molecule has 1 aromatic carbocycles. The van der Waals surface area contributed by atoms with E-state index in [0.29, 0.717) is 12.1 Å². The van der Waals surface area contributed by atoms with Crippen LogP contribution in [0.1, 0.15) is 16.5 Å². The molecular weight excluding hydrogens is 239 g/mol. The Kier molecular flexibility index (Phi) is 4.21. The third kappa shape index (κ3) is 3.68. The van der Waals surface area contributed by atoms with Crippen molar-refractivity contribution in [2.75, 3.05) is 20.6 Å². The highest BCUT2D eigenvalue weighted by molar-refractivity contribution is 6.21. The molecular formula is C11H13ClF3N. The molecule has 0 fully saturated rings. The van der Waals surface area contributed by atoms with Crippen molar-refractivity contribution >= 4 is 11.6 Å². The lowest BCUT2D eigenvalue weighted by Crippen LogP contribution is -2.17. The summed E-state index contributed by atoms with van der Waals surface area (Å²) in [4.78, 5) is 1.83. The first-order valence-corrected chi connectivity index (χ1v) is 5.20. The maximum absolute atomic E-state index is 12.4. The van der Waals surface area contributed by atoms with Gasteiger partial charge in [-0.25, -0.2) is 0 Å². The van der Waals surface area contributed by atoms with E-state index in [1.807, 2.05) is 19.0 Å². The van der Waals surface area contributed by atoms with Gasteiger partial charge in [-0.3, -0.25) is 0 Å². The van der Waals surface area contributed by atoms with Gasteiger partial charge in [-0.05, 0) is 25.7 Å². The molecule has 1 unspecified atom stereocenters. The van der Waals surface area contributed by atoms with Crippen molar-refractivity contribution in [1.29, 1.82) is 0 Å². The number of likely N-dealkylation sites (N-methyl/N-ethyl adjacent to an activating group) is 1. The average molecular weight is 252 g/mol. The van der Waals surface area contributed by atoms with Gasteiger partial charge in [-0.15, -0.1) is 11.6 Å². The van der Waals surface area contributed by atoms with E-state index >= 15 is 0 Å². The number of nitrogens with zero attached hydrogens (tertiary/aromatic N) is 1. The highest BCUT2D eigenvalue weighted by Gasteiger charge is 2.30. The quantitative estimate of drug-likeness (QED) is 0.743. The second kappa shape index (κ2) is 5.06. The third-order valence-electron chi connectivity index (χ3n) is 2.10. The summed E-state index contributed by atoms with van der Waals surface area (Å²) in [6.45, 7) is 0.503. The molecule has 0 amide bonds. The Labute approximate surface area is 97.8 Å². The van der Waals surface area contributed by atoms with Crippen molar-refractivity contribution in [3.8, 4) is 0 Å². The van der Waals surface area contributed by atoms with Crippen molar-refractivity contribution in [3.05, 3.63) is 35.4 Å². The smallest absolute Gasteiger partial charge is 0.308 e. The number of benzene rings is 1. The fourth-order valence-electron chi connectivity index (χ4n) is 1.34. The highest BCUT2D eigenvalue weighted by atomic mass is 35.5. The normalized spacial score (nSPS) is 14.2. The molecule has 0 saturated carbocycles. The summed E-state index contributed by atoms with van der Waals surface area (Å²) < 4.78 is 37.3. The molecule has 0 saturated heterocycles. The maximum Gasteiger partial charge on any atom is 0.416 e. The van der Waals surface area contributed by atoms with Gasteiger partial charge in [-0.2, -0.15) is 13.2 Å². The van der Waals surface area contributed by atoms with Crippen LogP contribution >= 0.6 is 11.6 Å². The van der Waals surface area contributed by atoms with Crippen molar-refractivity contribution < 1.29 is 13.2 Å². The molecule has 16 heavy (non-hydrogen) atoms. The summed E-state index contributed by atoms with van der Waals surface area (Å²) >= 11 is 6.01. The predicted octanol–water partition coefficient (Wildman–Crippen LogP) is 3.55. The molecule has 0 radical (unpaired) electrons. The van der Waals surface area contributed by atoms with Gasteiger partial charge in [0.05, 0.1) is 10.9 Å².